The van der Waals surface area contributed by atoms with Gasteiger partial charge < -0.3 is 24.4 Å². The summed E-state index contributed by atoms with van der Waals surface area (Å²) in [5.41, 5.74) is 0.962. The Morgan fingerprint density at radius 2 is 2.04 bits per heavy atom. The number of likely N-dealkylation sites (N-methyl/N-ethyl adjacent to an activating group) is 1. The minimum atomic E-state index is -0.787. The highest BCUT2D eigenvalue weighted by atomic mass is 16.7. The number of carbonyl (C=O) groups is 2. The van der Waals surface area contributed by atoms with Crippen molar-refractivity contribution in [1.82, 2.24) is 9.80 Å². The molecule has 0 saturated carbocycles. The second-order valence-electron chi connectivity index (χ2n) is 9.04. The minimum Gasteiger partial charge on any atom is -0.481 e. The fourth-order valence-electron chi connectivity index (χ4n) is 4.97. The Bertz CT molecular complexity index is 793. The lowest BCUT2D eigenvalue weighted by molar-refractivity contribution is -0.143. The minimum absolute atomic E-state index is 0.000116. The summed E-state index contributed by atoms with van der Waals surface area (Å²) in [6.45, 7) is 6.42. The smallest absolute Gasteiger partial charge is 0.308 e. The Hall–Kier alpha value is -2.28. The first-order valence-electron chi connectivity index (χ1n) is 9.85. The van der Waals surface area contributed by atoms with Gasteiger partial charge in [-0.1, -0.05) is 19.9 Å². The van der Waals surface area contributed by atoms with Crippen LogP contribution in [0.15, 0.2) is 18.2 Å². The number of carboxylic acid groups (broad SMARTS) is 1. The van der Waals surface area contributed by atoms with Crippen molar-refractivity contribution in [3.8, 4) is 11.5 Å². The van der Waals surface area contributed by atoms with Crippen molar-refractivity contribution in [3.05, 3.63) is 23.8 Å². The number of fused-ring (bicyclic) bond motifs is 1. The number of carbonyl (C=O) groups excluding carboxylic acids is 1. The van der Waals surface area contributed by atoms with Crippen molar-refractivity contribution >= 4 is 11.9 Å². The maximum Gasteiger partial charge on any atom is 0.308 e. The number of hydrogen-bond donors (Lipinski definition) is 1. The molecule has 28 heavy (non-hydrogen) atoms. The van der Waals surface area contributed by atoms with E-state index in [0.29, 0.717) is 37.4 Å². The van der Waals surface area contributed by atoms with E-state index in [2.05, 4.69) is 18.7 Å². The van der Waals surface area contributed by atoms with Crippen LogP contribution in [0.1, 0.15) is 38.2 Å². The van der Waals surface area contributed by atoms with Gasteiger partial charge in [0.1, 0.15) is 0 Å². The van der Waals surface area contributed by atoms with Crippen LogP contribution in [-0.2, 0) is 9.59 Å². The molecule has 0 bridgehead atoms. The number of rotatable bonds is 5. The molecule has 2 fully saturated rings. The standard InChI is InChI=1S/C21H28N2O5/c1-21(2)9-18(24)23(11-21)7-6-15-19(20(25)26)14(10-22(15)3)13-4-5-16-17(8-13)28-12-27-16/h4-5,8,14-15,19H,6-7,9-12H2,1-3H3,(H,25,26). The van der Waals surface area contributed by atoms with Gasteiger partial charge in [-0.3, -0.25) is 9.59 Å². The Morgan fingerprint density at radius 3 is 2.71 bits per heavy atom. The van der Waals surface area contributed by atoms with Crippen molar-refractivity contribution in [2.45, 2.75) is 38.6 Å². The highest BCUT2D eigenvalue weighted by Gasteiger charge is 2.46. The molecule has 0 aromatic heterocycles. The highest BCUT2D eigenvalue weighted by molar-refractivity contribution is 5.79. The van der Waals surface area contributed by atoms with E-state index in [1.165, 1.54) is 0 Å². The average Bonchev–Trinajstić information content (AvgIpc) is 3.27. The number of nitrogens with zero attached hydrogens (tertiary/aromatic N) is 2. The zero-order chi connectivity index (χ0) is 20.1. The van der Waals surface area contributed by atoms with Crippen LogP contribution in [0, 0.1) is 11.3 Å². The molecule has 152 valence electrons. The van der Waals surface area contributed by atoms with Gasteiger partial charge in [0, 0.05) is 38.0 Å². The predicted octanol–water partition coefficient (Wildman–Crippen LogP) is 2.16. The SMILES string of the molecule is CN1CC(c2ccc3c(c2)OCO3)C(C(=O)O)C1CCN1CC(C)(C)CC1=O. The molecule has 3 aliphatic rings. The van der Waals surface area contributed by atoms with Crippen LogP contribution in [-0.4, -0.2) is 66.3 Å². The summed E-state index contributed by atoms with van der Waals surface area (Å²) in [6, 6.07) is 5.60. The highest BCUT2D eigenvalue weighted by Crippen LogP contribution is 2.42. The van der Waals surface area contributed by atoms with Crippen LogP contribution in [0.2, 0.25) is 0 Å². The van der Waals surface area contributed by atoms with Gasteiger partial charge in [-0.2, -0.15) is 0 Å². The third kappa shape index (κ3) is 3.43. The molecule has 1 amide bonds. The number of aliphatic carboxylic acids is 1. The summed E-state index contributed by atoms with van der Waals surface area (Å²) in [7, 11) is 1.98. The van der Waals surface area contributed by atoms with E-state index in [-0.39, 0.29) is 30.1 Å². The van der Waals surface area contributed by atoms with Crippen LogP contribution >= 0.6 is 0 Å². The summed E-state index contributed by atoms with van der Waals surface area (Å²) in [4.78, 5) is 28.4. The number of carboxylic acids is 1. The maximum atomic E-state index is 12.3. The Morgan fingerprint density at radius 1 is 1.29 bits per heavy atom. The molecule has 4 rings (SSSR count). The van der Waals surface area contributed by atoms with Gasteiger partial charge >= 0.3 is 5.97 Å². The molecule has 0 radical (unpaired) electrons. The van der Waals surface area contributed by atoms with Gasteiger partial charge in [-0.05, 0) is 36.6 Å². The monoisotopic (exact) mass is 388 g/mol. The number of hydrogen-bond acceptors (Lipinski definition) is 5. The van der Waals surface area contributed by atoms with Crippen molar-refractivity contribution in [2.75, 3.05) is 33.5 Å². The fraction of sp³-hybridized carbons (Fsp3) is 0.619. The van der Waals surface area contributed by atoms with E-state index in [1.807, 2.05) is 30.1 Å². The molecule has 3 heterocycles. The molecule has 1 aromatic rings. The lowest BCUT2D eigenvalue weighted by Crippen LogP contribution is -2.38. The molecule has 7 heteroatoms. The molecule has 3 atom stereocenters. The van der Waals surface area contributed by atoms with Gasteiger partial charge in [0.15, 0.2) is 11.5 Å². The van der Waals surface area contributed by atoms with Gasteiger partial charge in [-0.25, -0.2) is 0 Å². The van der Waals surface area contributed by atoms with Crippen molar-refractivity contribution in [2.24, 2.45) is 11.3 Å². The molecule has 3 aliphatic heterocycles. The summed E-state index contributed by atoms with van der Waals surface area (Å²) in [6.07, 6.45) is 1.23. The number of benzene rings is 1. The lowest BCUT2D eigenvalue weighted by atomic mass is 9.84. The third-order valence-electron chi connectivity index (χ3n) is 6.30. The molecule has 1 aromatic carbocycles. The molecule has 7 nitrogen and oxygen atoms in total. The van der Waals surface area contributed by atoms with E-state index >= 15 is 0 Å². The number of amides is 1. The van der Waals surface area contributed by atoms with E-state index in [0.717, 1.165) is 12.1 Å². The van der Waals surface area contributed by atoms with Gasteiger partial charge in [0.2, 0.25) is 12.7 Å². The van der Waals surface area contributed by atoms with Crippen LogP contribution in [0.25, 0.3) is 0 Å². The molecule has 0 aliphatic carbocycles. The van der Waals surface area contributed by atoms with Crippen molar-refractivity contribution < 1.29 is 24.2 Å². The molecular weight excluding hydrogens is 360 g/mol. The number of ether oxygens (including phenoxy) is 2. The molecular formula is C21H28N2O5. The van der Waals surface area contributed by atoms with Gasteiger partial charge in [0.25, 0.3) is 0 Å². The third-order valence-corrected chi connectivity index (χ3v) is 6.30. The van der Waals surface area contributed by atoms with Crippen LogP contribution < -0.4 is 9.47 Å². The first-order valence-corrected chi connectivity index (χ1v) is 9.85. The Balaban J connectivity index is 1.50. The zero-order valence-electron chi connectivity index (χ0n) is 16.7. The van der Waals surface area contributed by atoms with E-state index in [9.17, 15) is 14.7 Å². The van der Waals surface area contributed by atoms with Gasteiger partial charge in [-0.15, -0.1) is 0 Å². The topological polar surface area (TPSA) is 79.3 Å². The zero-order valence-corrected chi connectivity index (χ0v) is 16.7. The summed E-state index contributed by atoms with van der Waals surface area (Å²) >= 11 is 0. The summed E-state index contributed by atoms with van der Waals surface area (Å²) in [5.74, 6) is 0.130. The van der Waals surface area contributed by atoms with Crippen LogP contribution in [0.4, 0.5) is 0 Å². The summed E-state index contributed by atoms with van der Waals surface area (Å²) in [5, 5.41) is 9.99. The number of likely N-dealkylation sites (tertiary alicyclic amines) is 2. The van der Waals surface area contributed by atoms with Crippen molar-refractivity contribution in [1.29, 1.82) is 0 Å². The molecule has 1 N–H and O–H groups in total. The van der Waals surface area contributed by atoms with Crippen LogP contribution in [0.3, 0.4) is 0 Å². The average molecular weight is 388 g/mol. The Kier molecular flexibility index (Phi) is 4.73. The second-order valence-corrected chi connectivity index (χ2v) is 9.04. The van der Waals surface area contributed by atoms with Crippen LogP contribution in [0.5, 0.6) is 11.5 Å². The van der Waals surface area contributed by atoms with E-state index in [1.54, 1.807) is 0 Å². The summed E-state index contributed by atoms with van der Waals surface area (Å²) < 4.78 is 10.8. The van der Waals surface area contributed by atoms with Gasteiger partial charge in [0.05, 0.1) is 5.92 Å². The second kappa shape index (κ2) is 6.95. The lowest BCUT2D eigenvalue weighted by Gasteiger charge is -2.27. The maximum absolute atomic E-state index is 12.3. The van der Waals surface area contributed by atoms with Crippen molar-refractivity contribution in [3.63, 3.8) is 0 Å². The first-order chi connectivity index (χ1) is 13.2. The normalized spacial score (nSPS) is 28.9. The molecule has 2 saturated heterocycles. The predicted molar refractivity (Wildman–Crippen MR) is 102 cm³/mol. The quantitative estimate of drug-likeness (QED) is 0.833. The fourth-order valence-corrected chi connectivity index (χ4v) is 4.97. The first kappa shape index (κ1) is 19.1. The largest absolute Gasteiger partial charge is 0.481 e. The van der Waals surface area contributed by atoms with E-state index < -0.39 is 11.9 Å². The molecule has 0 spiro atoms. The Labute approximate surface area is 165 Å². The van der Waals surface area contributed by atoms with E-state index in [4.69, 9.17) is 9.47 Å². The molecule has 3 unspecified atom stereocenters.